The number of unbranched alkanes of at least 4 members (excludes halogenated alkanes) is 1. The predicted molar refractivity (Wildman–Crippen MR) is 43.1 cm³/mol. The highest BCUT2D eigenvalue weighted by molar-refractivity contribution is 5.66. The zero-order valence-corrected chi connectivity index (χ0v) is 7.14. The summed E-state index contributed by atoms with van der Waals surface area (Å²) in [7, 11) is 0. The highest BCUT2D eigenvalue weighted by Crippen LogP contribution is 1.80. The van der Waals surface area contributed by atoms with Crippen LogP contribution in [0.2, 0.25) is 0 Å². The number of amides is 1. The van der Waals surface area contributed by atoms with Gasteiger partial charge in [-0.3, -0.25) is 5.43 Å². The standard InChI is InChI=1S/C7H16N2O2/c1-3-5-6-8-9-7(10)11-4-2/h8H,3-6H2,1-2H3,(H,9,10). The van der Waals surface area contributed by atoms with E-state index in [0.29, 0.717) is 6.61 Å². The second kappa shape index (κ2) is 7.34. The summed E-state index contributed by atoms with van der Waals surface area (Å²) in [5, 5.41) is 0. The SMILES string of the molecule is CCCCNNC(=O)OCC. The summed E-state index contributed by atoms with van der Waals surface area (Å²) in [4.78, 5) is 10.6. The van der Waals surface area contributed by atoms with Crippen molar-refractivity contribution >= 4 is 6.09 Å². The van der Waals surface area contributed by atoms with Gasteiger partial charge in [-0.25, -0.2) is 10.2 Å². The van der Waals surface area contributed by atoms with Crippen molar-refractivity contribution in [2.24, 2.45) is 0 Å². The van der Waals surface area contributed by atoms with Crippen LogP contribution in [0.25, 0.3) is 0 Å². The maximum atomic E-state index is 10.6. The van der Waals surface area contributed by atoms with Gasteiger partial charge in [-0.2, -0.15) is 0 Å². The third kappa shape index (κ3) is 7.12. The first-order valence-corrected chi connectivity index (χ1v) is 3.96. The van der Waals surface area contributed by atoms with Crippen LogP contribution in [-0.2, 0) is 4.74 Å². The molecule has 0 aliphatic heterocycles. The molecule has 0 saturated heterocycles. The summed E-state index contributed by atoms with van der Waals surface area (Å²) < 4.78 is 4.61. The number of ether oxygens (including phenoxy) is 1. The Morgan fingerprint density at radius 2 is 2.18 bits per heavy atom. The number of hydrazine groups is 1. The maximum Gasteiger partial charge on any atom is 0.421 e. The minimum atomic E-state index is -0.413. The summed E-state index contributed by atoms with van der Waals surface area (Å²) in [6.07, 6.45) is 1.74. The molecule has 0 aliphatic carbocycles. The van der Waals surface area contributed by atoms with Gasteiger partial charge in [0.05, 0.1) is 6.61 Å². The van der Waals surface area contributed by atoms with E-state index in [2.05, 4.69) is 22.5 Å². The van der Waals surface area contributed by atoms with E-state index in [-0.39, 0.29) is 0 Å². The molecule has 0 aromatic rings. The van der Waals surface area contributed by atoms with Crippen LogP contribution in [0.15, 0.2) is 0 Å². The Hall–Kier alpha value is -0.770. The summed E-state index contributed by atoms with van der Waals surface area (Å²) in [5.41, 5.74) is 5.15. The molecule has 0 radical (unpaired) electrons. The van der Waals surface area contributed by atoms with Gasteiger partial charge in [0.25, 0.3) is 0 Å². The number of hydrogen-bond acceptors (Lipinski definition) is 3. The Labute approximate surface area is 67.3 Å². The molecule has 0 aromatic carbocycles. The molecule has 0 atom stereocenters. The summed E-state index contributed by atoms with van der Waals surface area (Å²) >= 11 is 0. The van der Waals surface area contributed by atoms with Gasteiger partial charge < -0.3 is 4.74 Å². The van der Waals surface area contributed by atoms with Gasteiger partial charge in [0.15, 0.2) is 0 Å². The Morgan fingerprint density at radius 1 is 1.45 bits per heavy atom. The van der Waals surface area contributed by atoms with Gasteiger partial charge in [-0.15, -0.1) is 0 Å². The van der Waals surface area contributed by atoms with Gasteiger partial charge in [-0.1, -0.05) is 13.3 Å². The first-order valence-electron chi connectivity index (χ1n) is 3.96. The molecule has 0 bridgehead atoms. The van der Waals surface area contributed by atoms with Crippen molar-refractivity contribution < 1.29 is 9.53 Å². The average molecular weight is 160 g/mol. The van der Waals surface area contributed by atoms with Gasteiger partial charge in [0, 0.05) is 6.54 Å². The van der Waals surface area contributed by atoms with Crippen LogP contribution in [0.5, 0.6) is 0 Å². The lowest BCUT2D eigenvalue weighted by Gasteiger charge is -2.05. The maximum absolute atomic E-state index is 10.6. The lowest BCUT2D eigenvalue weighted by atomic mass is 10.3. The molecule has 66 valence electrons. The summed E-state index contributed by atoms with van der Waals surface area (Å²) in [5.74, 6) is 0. The molecule has 0 aliphatic rings. The normalized spacial score (nSPS) is 9.27. The Balaban J connectivity index is 3.04. The lowest BCUT2D eigenvalue weighted by Crippen LogP contribution is -2.38. The zero-order chi connectivity index (χ0) is 8.53. The molecule has 0 saturated carbocycles. The molecule has 0 heterocycles. The van der Waals surface area contributed by atoms with Crippen LogP contribution in [0.3, 0.4) is 0 Å². The first-order chi connectivity index (χ1) is 5.31. The fourth-order valence-electron chi connectivity index (χ4n) is 0.567. The predicted octanol–water partition coefficient (Wildman–Crippen LogP) is 1.04. The summed E-state index contributed by atoms with van der Waals surface area (Å²) in [6.45, 7) is 5.05. The number of carbonyl (C=O) groups is 1. The van der Waals surface area contributed by atoms with E-state index in [1.807, 2.05) is 0 Å². The molecule has 0 spiro atoms. The van der Waals surface area contributed by atoms with Crippen LogP contribution in [-0.4, -0.2) is 19.2 Å². The Morgan fingerprint density at radius 3 is 2.73 bits per heavy atom. The number of nitrogens with one attached hydrogen (secondary N) is 2. The minimum Gasteiger partial charge on any atom is -0.449 e. The van der Waals surface area contributed by atoms with Gasteiger partial charge in [0.2, 0.25) is 0 Å². The Kier molecular flexibility index (Phi) is 6.82. The van der Waals surface area contributed by atoms with Crippen molar-refractivity contribution in [3.05, 3.63) is 0 Å². The highest BCUT2D eigenvalue weighted by atomic mass is 16.5. The molecule has 0 fully saturated rings. The minimum absolute atomic E-state index is 0.404. The molecule has 4 heteroatoms. The van der Waals surface area contributed by atoms with Crippen molar-refractivity contribution in [1.82, 2.24) is 10.9 Å². The third-order valence-electron chi connectivity index (χ3n) is 1.12. The fourth-order valence-corrected chi connectivity index (χ4v) is 0.567. The van der Waals surface area contributed by atoms with Crippen LogP contribution in [0.1, 0.15) is 26.7 Å². The van der Waals surface area contributed by atoms with Crippen LogP contribution in [0, 0.1) is 0 Å². The van der Waals surface area contributed by atoms with Crippen molar-refractivity contribution in [2.45, 2.75) is 26.7 Å². The fraction of sp³-hybridized carbons (Fsp3) is 0.857. The van der Waals surface area contributed by atoms with Gasteiger partial charge in [-0.05, 0) is 13.3 Å². The number of hydrogen-bond donors (Lipinski definition) is 2. The number of rotatable bonds is 5. The average Bonchev–Trinajstić information content (AvgIpc) is 1.99. The van der Waals surface area contributed by atoms with Crippen molar-refractivity contribution in [3.63, 3.8) is 0 Å². The second-order valence-electron chi connectivity index (χ2n) is 2.13. The monoisotopic (exact) mass is 160 g/mol. The first kappa shape index (κ1) is 10.2. The van der Waals surface area contributed by atoms with Gasteiger partial charge in [0.1, 0.15) is 0 Å². The van der Waals surface area contributed by atoms with Crippen molar-refractivity contribution in [2.75, 3.05) is 13.2 Å². The van der Waals surface area contributed by atoms with Crippen molar-refractivity contribution in [1.29, 1.82) is 0 Å². The second-order valence-corrected chi connectivity index (χ2v) is 2.13. The molecule has 4 nitrogen and oxygen atoms in total. The molecule has 0 aromatic heterocycles. The number of carbonyl (C=O) groups excluding carboxylic acids is 1. The third-order valence-corrected chi connectivity index (χ3v) is 1.12. The molecule has 1 amide bonds. The molecule has 0 rings (SSSR count). The smallest absolute Gasteiger partial charge is 0.421 e. The van der Waals surface area contributed by atoms with E-state index >= 15 is 0 Å². The highest BCUT2D eigenvalue weighted by Gasteiger charge is 1.95. The Bertz CT molecular complexity index is 107. The van der Waals surface area contributed by atoms with E-state index in [0.717, 1.165) is 19.4 Å². The van der Waals surface area contributed by atoms with E-state index in [4.69, 9.17) is 0 Å². The molecule has 2 N–H and O–H groups in total. The van der Waals surface area contributed by atoms with E-state index < -0.39 is 6.09 Å². The largest absolute Gasteiger partial charge is 0.449 e. The molecular formula is C7H16N2O2. The van der Waals surface area contributed by atoms with Crippen molar-refractivity contribution in [3.8, 4) is 0 Å². The molecule has 0 unspecified atom stereocenters. The van der Waals surface area contributed by atoms with Crippen LogP contribution >= 0.6 is 0 Å². The quantitative estimate of drug-likeness (QED) is 0.466. The van der Waals surface area contributed by atoms with E-state index in [9.17, 15) is 4.79 Å². The van der Waals surface area contributed by atoms with Crippen LogP contribution < -0.4 is 10.9 Å². The van der Waals surface area contributed by atoms with Gasteiger partial charge >= 0.3 is 6.09 Å². The zero-order valence-electron chi connectivity index (χ0n) is 7.14. The summed E-state index contributed by atoms with van der Waals surface area (Å²) in [6, 6.07) is 0. The van der Waals surface area contributed by atoms with E-state index in [1.165, 1.54) is 0 Å². The topological polar surface area (TPSA) is 50.4 Å². The van der Waals surface area contributed by atoms with E-state index in [1.54, 1.807) is 6.92 Å². The van der Waals surface area contributed by atoms with Crippen LogP contribution in [0.4, 0.5) is 4.79 Å². The molecule has 11 heavy (non-hydrogen) atoms. The lowest BCUT2D eigenvalue weighted by molar-refractivity contribution is 0.147. The molecular weight excluding hydrogens is 144 g/mol.